The predicted molar refractivity (Wildman–Crippen MR) is 44.6 cm³/mol. The summed E-state index contributed by atoms with van der Waals surface area (Å²) in [5.41, 5.74) is 2.42. The van der Waals surface area contributed by atoms with Gasteiger partial charge in [0.25, 0.3) is 0 Å². The van der Waals surface area contributed by atoms with Crippen molar-refractivity contribution in [2.24, 2.45) is 0 Å². The molecule has 1 heterocycles. The van der Waals surface area contributed by atoms with Crippen LogP contribution >= 0.6 is 11.3 Å². The normalized spacial score (nSPS) is 12.0. The number of thiazole rings is 1. The second kappa shape index (κ2) is 4.06. The number of aromatic nitrogens is 1. The molecule has 0 atom stereocenters. The van der Waals surface area contributed by atoms with Gasteiger partial charge in [-0.3, -0.25) is 0 Å². The van der Waals surface area contributed by atoms with Crippen LogP contribution in [0.1, 0.15) is 10.6 Å². The molecule has 1 aromatic heterocycles. The maximum Gasteiger partial charge on any atom is 0.401 e. The molecule has 0 aromatic carbocycles. The van der Waals surface area contributed by atoms with Gasteiger partial charge in [0.05, 0.1) is 17.7 Å². The minimum Gasteiger partial charge on any atom is -0.304 e. The zero-order valence-electron chi connectivity index (χ0n) is 6.98. The molecule has 0 amide bonds. The third-order valence-electron chi connectivity index (χ3n) is 1.46. The molecule has 0 saturated heterocycles. The van der Waals surface area contributed by atoms with E-state index < -0.39 is 12.7 Å². The van der Waals surface area contributed by atoms with E-state index in [1.54, 1.807) is 12.4 Å². The van der Waals surface area contributed by atoms with E-state index in [2.05, 4.69) is 10.3 Å². The maximum absolute atomic E-state index is 11.7. The highest BCUT2D eigenvalue weighted by atomic mass is 32.1. The Kier molecular flexibility index (Phi) is 3.27. The van der Waals surface area contributed by atoms with E-state index in [0.29, 0.717) is 0 Å². The number of halogens is 3. The van der Waals surface area contributed by atoms with Gasteiger partial charge in [-0.15, -0.1) is 11.3 Å². The highest BCUT2D eigenvalue weighted by Gasteiger charge is 2.26. The third-order valence-corrected chi connectivity index (χ3v) is 2.39. The summed E-state index contributed by atoms with van der Waals surface area (Å²) in [4.78, 5) is 4.78. The molecule has 6 heteroatoms. The minimum atomic E-state index is -4.14. The summed E-state index contributed by atoms with van der Waals surface area (Å²) in [5, 5.41) is 2.31. The van der Waals surface area contributed by atoms with Gasteiger partial charge >= 0.3 is 6.18 Å². The summed E-state index contributed by atoms with van der Waals surface area (Å²) >= 11 is 1.36. The largest absolute Gasteiger partial charge is 0.401 e. The van der Waals surface area contributed by atoms with Crippen molar-refractivity contribution >= 4 is 11.3 Å². The van der Waals surface area contributed by atoms with Crippen LogP contribution < -0.4 is 5.32 Å². The Morgan fingerprint density at radius 3 is 2.69 bits per heavy atom. The topological polar surface area (TPSA) is 24.9 Å². The molecular formula is C7H9F3N2S. The predicted octanol–water partition coefficient (Wildman–Crippen LogP) is 2.10. The summed E-state index contributed by atoms with van der Waals surface area (Å²) in [7, 11) is 0. The van der Waals surface area contributed by atoms with E-state index in [9.17, 15) is 13.2 Å². The van der Waals surface area contributed by atoms with Crippen LogP contribution in [0.2, 0.25) is 0 Å². The Morgan fingerprint density at radius 1 is 1.54 bits per heavy atom. The van der Waals surface area contributed by atoms with Crippen molar-refractivity contribution in [3.05, 3.63) is 16.1 Å². The Hall–Kier alpha value is -0.620. The summed E-state index contributed by atoms with van der Waals surface area (Å²) < 4.78 is 35.1. The molecule has 1 N–H and O–H groups in total. The van der Waals surface area contributed by atoms with Crippen molar-refractivity contribution in [1.82, 2.24) is 10.3 Å². The van der Waals surface area contributed by atoms with Crippen LogP contribution in [0.5, 0.6) is 0 Å². The second-order valence-electron chi connectivity index (χ2n) is 2.58. The minimum absolute atomic E-state index is 0.232. The van der Waals surface area contributed by atoms with Crippen LogP contribution in [-0.2, 0) is 6.54 Å². The fraction of sp³-hybridized carbons (Fsp3) is 0.571. The number of rotatable bonds is 3. The molecule has 0 saturated carbocycles. The quantitative estimate of drug-likeness (QED) is 0.826. The van der Waals surface area contributed by atoms with Gasteiger partial charge in [0.2, 0.25) is 0 Å². The fourth-order valence-corrected chi connectivity index (χ4v) is 1.56. The Morgan fingerprint density at radius 2 is 2.23 bits per heavy atom. The first-order chi connectivity index (χ1) is 5.99. The molecular weight excluding hydrogens is 201 g/mol. The van der Waals surface area contributed by atoms with Crippen LogP contribution in [0.25, 0.3) is 0 Å². The first kappa shape index (κ1) is 10.5. The summed E-state index contributed by atoms with van der Waals surface area (Å²) in [5.74, 6) is 0. The molecule has 0 bridgehead atoms. The number of hydrogen-bond donors (Lipinski definition) is 1. The zero-order chi connectivity index (χ0) is 9.90. The van der Waals surface area contributed by atoms with Gasteiger partial charge < -0.3 is 5.32 Å². The summed E-state index contributed by atoms with van der Waals surface area (Å²) in [6.07, 6.45) is -4.14. The molecule has 0 aliphatic heterocycles. The van der Waals surface area contributed by atoms with Gasteiger partial charge in [-0.1, -0.05) is 0 Å². The lowest BCUT2D eigenvalue weighted by Gasteiger charge is -2.06. The van der Waals surface area contributed by atoms with Crippen molar-refractivity contribution in [3.8, 4) is 0 Å². The molecule has 0 fully saturated rings. The van der Waals surface area contributed by atoms with E-state index in [4.69, 9.17) is 0 Å². The molecule has 0 radical (unpaired) electrons. The molecule has 13 heavy (non-hydrogen) atoms. The number of aryl methyl sites for hydroxylation is 1. The standard InChI is InChI=1S/C7H9F3N2S/c1-5-6(13-4-12-5)2-11-3-7(8,9)10/h4,11H,2-3H2,1H3. The smallest absolute Gasteiger partial charge is 0.304 e. The van der Waals surface area contributed by atoms with Gasteiger partial charge in [-0.05, 0) is 6.92 Å². The van der Waals surface area contributed by atoms with E-state index in [1.807, 2.05) is 0 Å². The van der Waals surface area contributed by atoms with E-state index in [0.717, 1.165) is 10.6 Å². The Balaban J connectivity index is 2.32. The van der Waals surface area contributed by atoms with Crippen LogP contribution in [0.4, 0.5) is 13.2 Å². The highest BCUT2D eigenvalue weighted by molar-refractivity contribution is 7.09. The van der Waals surface area contributed by atoms with Gasteiger partial charge in [-0.25, -0.2) is 4.98 Å². The average molecular weight is 210 g/mol. The molecule has 2 nitrogen and oxygen atoms in total. The molecule has 0 spiro atoms. The first-order valence-electron chi connectivity index (χ1n) is 3.65. The molecule has 0 aliphatic rings. The Labute approximate surface area is 77.8 Å². The van der Waals surface area contributed by atoms with Crippen LogP contribution in [-0.4, -0.2) is 17.7 Å². The zero-order valence-corrected chi connectivity index (χ0v) is 7.80. The molecule has 74 valence electrons. The van der Waals surface area contributed by atoms with Crippen molar-refractivity contribution in [1.29, 1.82) is 0 Å². The van der Waals surface area contributed by atoms with Gasteiger partial charge in [0.1, 0.15) is 0 Å². The SMILES string of the molecule is Cc1ncsc1CNCC(F)(F)F. The maximum atomic E-state index is 11.7. The molecule has 0 unspecified atom stereocenters. The number of hydrogen-bond acceptors (Lipinski definition) is 3. The van der Waals surface area contributed by atoms with Crippen molar-refractivity contribution in [2.75, 3.05) is 6.54 Å². The van der Waals surface area contributed by atoms with E-state index in [1.165, 1.54) is 11.3 Å². The van der Waals surface area contributed by atoms with Crippen LogP contribution in [0, 0.1) is 6.92 Å². The third kappa shape index (κ3) is 3.73. The first-order valence-corrected chi connectivity index (χ1v) is 4.53. The van der Waals surface area contributed by atoms with Gasteiger partial charge in [-0.2, -0.15) is 13.2 Å². The van der Waals surface area contributed by atoms with E-state index >= 15 is 0 Å². The lowest BCUT2D eigenvalue weighted by molar-refractivity contribution is -0.125. The summed E-state index contributed by atoms with van der Waals surface area (Å²) in [6.45, 7) is 1.06. The van der Waals surface area contributed by atoms with Gasteiger partial charge in [0.15, 0.2) is 0 Å². The fourth-order valence-electron chi connectivity index (χ4n) is 0.814. The molecule has 1 aromatic rings. The average Bonchev–Trinajstić information content (AvgIpc) is 2.34. The lowest BCUT2D eigenvalue weighted by atomic mass is 10.4. The van der Waals surface area contributed by atoms with Crippen molar-refractivity contribution in [3.63, 3.8) is 0 Å². The molecule has 0 aliphatic carbocycles. The van der Waals surface area contributed by atoms with Crippen LogP contribution in [0.3, 0.4) is 0 Å². The number of nitrogens with one attached hydrogen (secondary N) is 1. The molecule has 1 rings (SSSR count). The Bertz CT molecular complexity index is 269. The number of nitrogens with zero attached hydrogens (tertiary/aromatic N) is 1. The van der Waals surface area contributed by atoms with Crippen molar-refractivity contribution < 1.29 is 13.2 Å². The highest BCUT2D eigenvalue weighted by Crippen LogP contribution is 2.14. The van der Waals surface area contributed by atoms with Gasteiger partial charge in [0, 0.05) is 11.4 Å². The monoisotopic (exact) mass is 210 g/mol. The lowest BCUT2D eigenvalue weighted by Crippen LogP contribution is -2.28. The second-order valence-corrected chi connectivity index (χ2v) is 3.52. The van der Waals surface area contributed by atoms with E-state index in [-0.39, 0.29) is 6.54 Å². The van der Waals surface area contributed by atoms with Crippen LogP contribution in [0.15, 0.2) is 5.51 Å². The number of alkyl halides is 3. The van der Waals surface area contributed by atoms with Crippen molar-refractivity contribution in [2.45, 2.75) is 19.6 Å². The summed E-state index contributed by atoms with van der Waals surface area (Å²) in [6, 6.07) is 0.